The topological polar surface area (TPSA) is 83.8 Å². The molecule has 17 heavy (non-hydrogen) atoms. The molecule has 0 aliphatic rings. The van der Waals surface area contributed by atoms with E-state index in [0.717, 1.165) is 12.0 Å². The Morgan fingerprint density at radius 1 is 1.41 bits per heavy atom. The molecule has 1 amide bonds. The van der Waals surface area contributed by atoms with Crippen molar-refractivity contribution in [3.8, 4) is 0 Å². The number of aromatic nitrogens is 2. The second-order valence-corrected chi connectivity index (χ2v) is 3.74. The smallest absolute Gasteiger partial charge is 0.224 e. The number of carbonyl (C=O) groups excluding carboxylic acids is 1. The Morgan fingerprint density at radius 2 is 2.29 bits per heavy atom. The third-order valence-electron chi connectivity index (χ3n) is 2.37. The molecule has 0 fully saturated rings. The molecule has 0 atom stereocenters. The number of pyridine rings is 1. The van der Waals surface area contributed by atoms with E-state index < -0.39 is 0 Å². The van der Waals surface area contributed by atoms with E-state index in [4.69, 9.17) is 5.73 Å². The van der Waals surface area contributed by atoms with E-state index in [1.165, 1.54) is 0 Å². The van der Waals surface area contributed by atoms with Crippen LogP contribution in [0.4, 0.5) is 11.5 Å². The highest BCUT2D eigenvalue weighted by Crippen LogP contribution is 2.08. The Balaban J connectivity index is 1.83. The fraction of sp³-hybridized carbons (Fsp3) is 0.167. The minimum absolute atomic E-state index is 0.0298. The van der Waals surface area contributed by atoms with E-state index in [2.05, 4.69) is 15.3 Å². The van der Waals surface area contributed by atoms with Crippen molar-refractivity contribution in [3.05, 3.63) is 42.4 Å². The van der Waals surface area contributed by atoms with Gasteiger partial charge in [0.2, 0.25) is 5.91 Å². The molecule has 0 aliphatic heterocycles. The average Bonchev–Trinajstić information content (AvgIpc) is 2.83. The van der Waals surface area contributed by atoms with Gasteiger partial charge in [-0.2, -0.15) is 0 Å². The summed E-state index contributed by atoms with van der Waals surface area (Å²) in [6.45, 7) is 0. The lowest BCUT2D eigenvalue weighted by atomic mass is 10.2. The molecular weight excluding hydrogens is 216 g/mol. The van der Waals surface area contributed by atoms with Crippen LogP contribution in [-0.2, 0) is 11.2 Å². The summed E-state index contributed by atoms with van der Waals surface area (Å²) in [5, 5.41) is 2.76. The summed E-state index contributed by atoms with van der Waals surface area (Å²) < 4.78 is 0. The molecule has 88 valence electrons. The summed E-state index contributed by atoms with van der Waals surface area (Å²) in [5.74, 6) is 0.410. The number of H-pyrrole nitrogens is 1. The number of rotatable bonds is 4. The number of nitrogen functional groups attached to an aromatic ring is 1. The van der Waals surface area contributed by atoms with Crippen LogP contribution in [0, 0.1) is 0 Å². The van der Waals surface area contributed by atoms with Gasteiger partial charge in [-0.25, -0.2) is 4.98 Å². The summed E-state index contributed by atoms with van der Waals surface area (Å²) >= 11 is 0. The van der Waals surface area contributed by atoms with Gasteiger partial charge in [0.15, 0.2) is 0 Å². The zero-order valence-corrected chi connectivity index (χ0v) is 9.31. The molecule has 5 nitrogen and oxygen atoms in total. The maximum absolute atomic E-state index is 11.6. The molecule has 0 aliphatic carbocycles. The minimum atomic E-state index is -0.0298. The fourth-order valence-electron chi connectivity index (χ4n) is 1.47. The van der Waals surface area contributed by atoms with Gasteiger partial charge >= 0.3 is 0 Å². The number of amides is 1. The first kappa shape index (κ1) is 11.2. The van der Waals surface area contributed by atoms with E-state index in [9.17, 15) is 4.79 Å². The van der Waals surface area contributed by atoms with E-state index in [-0.39, 0.29) is 5.91 Å². The fourth-order valence-corrected chi connectivity index (χ4v) is 1.47. The SMILES string of the molecule is Nc1ccc(NC(=O)CCc2cc[nH]c2)cn1. The van der Waals surface area contributed by atoms with Crippen LogP contribution in [-0.4, -0.2) is 15.9 Å². The molecule has 0 aromatic carbocycles. The van der Waals surface area contributed by atoms with Gasteiger partial charge in [-0.15, -0.1) is 0 Å². The third kappa shape index (κ3) is 3.34. The van der Waals surface area contributed by atoms with Crippen molar-refractivity contribution in [3.63, 3.8) is 0 Å². The van der Waals surface area contributed by atoms with E-state index in [0.29, 0.717) is 17.9 Å². The van der Waals surface area contributed by atoms with E-state index in [1.807, 2.05) is 18.5 Å². The predicted octanol–water partition coefficient (Wildman–Crippen LogP) is 1.56. The quantitative estimate of drug-likeness (QED) is 0.745. The number of nitrogens with two attached hydrogens (primary N) is 1. The van der Waals surface area contributed by atoms with Crippen molar-refractivity contribution >= 4 is 17.4 Å². The van der Waals surface area contributed by atoms with Crippen molar-refractivity contribution in [2.45, 2.75) is 12.8 Å². The molecule has 0 saturated heterocycles. The normalized spacial score (nSPS) is 10.1. The lowest BCUT2D eigenvalue weighted by Gasteiger charge is -2.04. The van der Waals surface area contributed by atoms with Crippen LogP contribution in [0.3, 0.4) is 0 Å². The molecule has 0 bridgehead atoms. The molecule has 0 saturated carbocycles. The number of aromatic amines is 1. The summed E-state index contributed by atoms with van der Waals surface area (Å²) in [7, 11) is 0. The average molecular weight is 230 g/mol. The van der Waals surface area contributed by atoms with Crippen LogP contribution in [0.1, 0.15) is 12.0 Å². The number of nitrogens with zero attached hydrogens (tertiary/aromatic N) is 1. The molecule has 2 aromatic heterocycles. The van der Waals surface area contributed by atoms with Gasteiger partial charge in [0, 0.05) is 18.8 Å². The molecule has 5 heteroatoms. The standard InChI is InChI=1S/C12H14N4O/c13-11-3-2-10(8-15-11)16-12(17)4-1-9-5-6-14-7-9/h2-3,5-8,14H,1,4H2,(H2,13,15)(H,16,17). The summed E-state index contributed by atoms with van der Waals surface area (Å²) in [5.41, 5.74) is 7.24. The molecule has 2 heterocycles. The second kappa shape index (κ2) is 5.16. The van der Waals surface area contributed by atoms with Gasteiger partial charge in [-0.3, -0.25) is 4.79 Å². The maximum atomic E-state index is 11.6. The number of carbonyl (C=O) groups is 1. The van der Waals surface area contributed by atoms with Gasteiger partial charge in [-0.1, -0.05) is 0 Å². The number of aryl methyl sites for hydroxylation is 1. The minimum Gasteiger partial charge on any atom is -0.384 e. The third-order valence-corrected chi connectivity index (χ3v) is 2.37. The van der Waals surface area contributed by atoms with Crippen molar-refractivity contribution in [2.24, 2.45) is 0 Å². The Kier molecular flexibility index (Phi) is 3.40. The first-order valence-corrected chi connectivity index (χ1v) is 5.37. The van der Waals surface area contributed by atoms with Gasteiger partial charge < -0.3 is 16.0 Å². The largest absolute Gasteiger partial charge is 0.384 e. The summed E-state index contributed by atoms with van der Waals surface area (Å²) in [4.78, 5) is 18.5. The first-order chi connectivity index (χ1) is 8.24. The second-order valence-electron chi connectivity index (χ2n) is 3.74. The number of hydrogen-bond acceptors (Lipinski definition) is 3. The number of nitrogens with one attached hydrogen (secondary N) is 2. The van der Waals surface area contributed by atoms with Crippen molar-refractivity contribution < 1.29 is 4.79 Å². The Morgan fingerprint density at radius 3 is 2.94 bits per heavy atom. The highest BCUT2D eigenvalue weighted by molar-refractivity contribution is 5.90. The van der Waals surface area contributed by atoms with Crippen LogP contribution in [0.25, 0.3) is 0 Å². The van der Waals surface area contributed by atoms with Crippen LogP contribution >= 0.6 is 0 Å². The number of hydrogen-bond donors (Lipinski definition) is 3. The lowest BCUT2D eigenvalue weighted by Crippen LogP contribution is -2.12. The lowest BCUT2D eigenvalue weighted by molar-refractivity contribution is -0.116. The molecule has 4 N–H and O–H groups in total. The van der Waals surface area contributed by atoms with Crippen LogP contribution in [0.2, 0.25) is 0 Å². The Labute approximate surface area is 99.1 Å². The highest BCUT2D eigenvalue weighted by Gasteiger charge is 2.03. The van der Waals surface area contributed by atoms with Crippen molar-refractivity contribution in [2.75, 3.05) is 11.1 Å². The summed E-state index contributed by atoms with van der Waals surface area (Å²) in [6, 6.07) is 5.34. The van der Waals surface area contributed by atoms with E-state index in [1.54, 1.807) is 18.3 Å². The zero-order valence-electron chi connectivity index (χ0n) is 9.31. The monoisotopic (exact) mass is 230 g/mol. The molecule has 0 radical (unpaired) electrons. The Hall–Kier alpha value is -2.30. The maximum Gasteiger partial charge on any atom is 0.224 e. The van der Waals surface area contributed by atoms with Gasteiger partial charge in [0.25, 0.3) is 0 Å². The van der Waals surface area contributed by atoms with Gasteiger partial charge in [-0.05, 0) is 30.2 Å². The van der Waals surface area contributed by atoms with Crippen LogP contribution < -0.4 is 11.1 Å². The van der Waals surface area contributed by atoms with Gasteiger partial charge in [0.05, 0.1) is 11.9 Å². The zero-order chi connectivity index (χ0) is 12.1. The summed E-state index contributed by atoms with van der Waals surface area (Å²) in [6.07, 6.45) is 6.44. The first-order valence-electron chi connectivity index (χ1n) is 5.37. The number of anilines is 2. The van der Waals surface area contributed by atoms with Crippen molar-refractivity contribution in [1.29, 1.82) is 0 Å². The predicted molar refractivity (Wildman–Crippen MR) is 66.4 cm³/mol. The molecule has 0 spiro atoms. The van der Waals surface area contributed by atoms with Crippen LogP contribution in [0.15, 0.2) is 36.8 Å². The van der Waals surface area contributed by atoms with Gasteiger partial charge in [0.1, 0.15) is 5.82 Å². The molecule has 2 rings (SSSR count). The molecule has 0 unspecified atom stereocenters. The highest BCUT2D eigenvalue weighted by atomic mass is 16.1. The van der Waals surface area contributed by atoms with Crippen LogP contribution in [0.5, 0.6) is 0 Å². The molecule has 2 aromatic rings. The molecular formula is C12H14N4O. The Bertz CT molecular complexity index is 476. The van der Waals surface area contributed by atoms with Crippen molar-refractivity contribution in [1.82, 2.24) is 9.97 Å². The van der Waals surface area contributed by atoms with E-state index >= 15 is 0 Å².